The van der Waals surface area contributed by atoms with Crippen LogP contribution in [-0.4, -0.2) is 41.8 Å². The van der Waals surface area contributed by atoms with Crippen LogP contribution in [0, 0.1) is 0 Å². The quantitative estimate of drug-likeness (QED) is 0.639. The molecule has 0 aliphatic carbocycles. The molecule has 8 heteroatoms. The van der Waals surface area contributed by atoms with Gasteiger partial charge in [-0.3, -0.25) is 4.98 Å². The Morgan fingerprint density at radius 1 is 1.24 bits per heavy atom. The third-order valence-electron chi connectivity index (χ3n) is 4.91. The number of amides is 1. The van der Waals surface area contributed by atoms with Gasteiger partial charge in [0.25, 0.3) is 0 Å². The summed E-state index contributed by atoms with van der Waals surface area (Å²) >= 11 is 6.85. The second kappa shape index (κ2) is 10.4. The van der Waals surface area contributed by atoms with Gasteiger partial charge in [0.1, 0.15) is 18.4 Å². The monoisotopic (exact) mass is 418 g/mol. The zero-order valence-electron chi connectivity index (χ0n) is 16.6. The van der Waals surface area contributed by atoms with Crippen LogP contribution in [0.1, 0.15) is 37.4 Å². The first-order chi connectivity index (χ1) is 14.1. The summed E-state index contributed by atoms with van der Waals surface area (Å²) in [6.45, 7) is 4.16. The summed E-state index contributed by atoms with van der Waals surface area (Å²) in [6.07, 6.45) is 4.67. The van der Waals surface area contributed by atoms with Gasteiger partial charge < -0.3 is 20.1 Å². The number of piperidine rings is 1. The lowest BCUT2D eigenvalue weighted by atomic mass is 9.93. The molecule has 2 N–H and O–H groups in total. The van der Waals surface area contributed by atoms with Crippen molar-refractivity contribution in [1.82, 2.24) is 20.6 Å². The van der Waals surface area contributed by atoms with Gasteiger partial charge >= 0.3 is 6.09 Å². The molecule has 1 fully saturated rings. The molecule has 3 rings (SSSR count). The van der Waals surface area contributed by atoms with Crippen LogP contribution in [0.2, 0.25) is 0 Å². The number of carbonyl (C=O) groups is 1. The second-order valence-corrected chi connectivity index (χ2v) is 7.74. The summed E-state index contributed by atoms with van der Waals surface area (Å²) in [5.41, 5.74) is 1.60. The average molecular weight is 419 g/mol. The molecule has 7 nitrogen and oxygen atoms in total. The van der Waals surface area contributed by atoms with Crippen LogP contribution in [0.25, 0.3) is 0 Å². The van der Waals surface area contributed by atoms with E-state index in [9.17, 15) is 4.79 Å². The zero-order chi connectivity index (χ0) is 20.5. The maximum Gasteiger partial charge on any atom is 0.407 e. The molecule has 1 aromatic heterocycles. The number of rotatable bonds is 8. The maximum atomic E-state index is 12.0. The van der Waals surface area contributed by atoms with Gasteiger partial charge in [-0.25, -0.2) is 9.78 Å². The Kier molecular flexibility index (Phi) is 7.66. The van der Waals surface area contributed by atoms with Crippen molar-refractivity contribution in [3.8, 4) is 5.88 Å². The number of aromatic nitrogens is 2. The SMILES string of the molecule is CCC(CNC(=O)OCc1ccccc1)Oc1nccnc1C1(Cl)CCNCC1. The van der Waals surface area contributed by atoms with Crippen molar-refractivity contribution in [2.24, 2.45) is 0 Å². The Morgan fingerprint density at radius 2 is 1.97 bits per heavy atom. The van der Waals surface area contributed by atoms with E-state index in [0.717, 1.165) is 31.5 Å². The Balaban J connectivity index is 1.55. The molecule has 1 aliphatic heterocycles. The summed E-state index contributed by atoms with van der Waals surface area (Å²) in [5, 5.41) is 6.06. The van der Waals surface area contributed by atoms with E-state index < -0.39 is 11.0 Å². The summed E-state index contributed by atoms with van der Waals surface area (Å²) in [5.74, 6) is 0.427. The molecule has 0 saturated carbocycles. The fraction of sp³-hybridized carbons (Fsp3) is 0.476. The smallest absolute Gasteiger partial charge is 0.407 e. The topological polar surface area (TPSA) is 85.4 Å². The van der Waals surface area contributed by atoms with Crippen molar-refractivity contribution in [2.45, 2.75) is 43.8 Å². The van der Waals surface area contributed by atoms with Crippen LogP contribution >= 0.6 is 11.6 Å². The van der Waals surface area contributed by atoms with Crippen LogP contribution in [0.4, 0.5) is 4.79 Å². The first kappa shape index (κ1) is 21.3. The summed E-state index contributed by atoms with van der Waals surface area (Å²) < 4.78 is 11.3. The van der Waals surface area contributed by atoms with Crippen LogP contribution in [0.5, 0.6) is 5.88 Å². The molecule has 0 spiro atoms. The number of hydrogen-bond acceptors (Lipinski definition) is 6. The number of ether oxygens (including phenoxy) is 2. The third-order valence-corrected chi connectivity index (χ3v) is 5.46. The molecule has 1 saturated heterocycles. The van der Waals surface area contributed by atoms with E-state index in [2.05, 4.69) is 20.6 Å². The van der Waals surface area contributed by atoms with Crippen LogP contribution in [0.15, 0.2) is 42.7 Å². The molecule has 156 valence electrons. The van der Waals surface area contributed by atoms with Gasteiger partial charge in [-0.15, -0.1) is 11.6 Å². The van der Waals surface area contributed by atoms with E-state index >= 15 is 0 Å². The number of alkyl carbamates (subject to hydrolysis) is 1. The minimum Gasteiger partial charge on any atom is -0.471 e. The highest BCUT2D eigenvalue weighted by Gasteiger charge is 2.36. The first-order valence-corrected chi connectivity index (χ1v) is 10.3. The fourth-order valence-electron chi connectivity index (χ4n) is 3.18. The van der Waals surface area contributed by atoms with Crippen molar-refractivity contribution >= 4 is 17.7 Å². The Bertz CT molecular complexity index is 785. The van der Waals surface area contributed by atoms with Crippen LogP contribution in [-0.2, 0) is 16.2 Å². The molecule has 2 aromatic rings. The maximum absolute atomic E-state index is 12.0. The molecule has 2 heterocycles. The first-order valence-electron chi connectivity index (χ1n) is 9.93. The lowest BCUT2D eigenvalue weighted by Crippen LogP contribution is -2.38. The van der Waals surface area contributed by atoms with Gasteiger partial charge in [0.15, 0.2) is 0 Å². The van der Waals surface area contributed by atoms with Gasteiger partial charge in [-0.1, -0.05) is 37.3 Å². The van der Waals surface area contributed by atoms with Crippen molar-refractivity contribution in [3.05, 3.63) is 54.0 Å². The number of carbonyl (C=O) groups excluding carboxylic acids is 1. The number of halogens is 1. The van der Waals surface area contributed by atoms with Gasteiger partial charge in [0, 0.05) is 12.4 Å². The Morgan fingerprint density at radius 3 is 2.69 bits per heavy atom. The van der Waals surface area contributed by atoms with Crippen LogP contribution < -0.4 is 15.4 Å². The second-order valence-electron chi connectivity index (χ2n) is 7.02. The predicted molar refractivity (Wildman–Crippen MR) is 111 cm³/mol. The predicted octanol–water partition coefficient (Wildman–Crippen LogP) is 3.38. The molecule has 1 aromatic carbocycles. The zero-order valence-corrected chi connectivity index (χ0v) is 17.3. The summed E-state index contributed by atoms with van der Waals surface area (Å²) in [6, 6.07) is 9.54. The van der Waals surface area contributed by atoms with E-state index in [1.54, 1.807) is 12.4 Å². The van der Waals surface area contributed by atoms with Crippen LogP contribution in [0.3, 0.4) is 0 Å². The highest BCUT2D eigenvalue weighted by atomic mass is 35.5. The van der Waals surface area contributed by atoms with E-state index in [1.165, 1.54) is 0 Å². The average Bonchev–Trinajstić information content (AvgIpc) is 2.76. The number of benzene rings is 1. The van der Waals surface area contributed by atoms with E-state index in [-0.39, 0.29) is 12.7 Å². The number of nitrogens with one attached hydrogen (secondary N) is 2. The van der Waals surface area contributed by atoms with Gasteiger partial charge in [0.2, 0.25) is 5.88 Å². The lowest BCUT2D eigenvalue weighted by molar-refractivity contribution is 0.128. The Labute approximate surface area is 176 Å². The molecular formula is C21H27ClN4O3. The van der Waals surface area contributed by atoms with Gasteiger partial charge in [-0.05, 0) is 37.9 Å². The summed E-state index contributed by atoms with van der Waals surface area (Å²) in [4.78, 5) is 20.2. The van der Waals surface area contributed by atoms with E-state index in [1.807, 2.05) is 37.3 Å². The van der Waals surface area contributed by atoms with Crippen molar-refractivity contribution < 1.29 is 14.3 Å². The number of alkyl halides is 1. The number of nitrogens with zero attached hydrogens (tertiary/aromatic N) is 2. The number of hydrogen-bond donors (Lipinski definition) is 2. The molecule has 1 aliphatic rings. The largest absolute Gasteiger partial charge is 0.471 e. The minimum absolute atomic E-state index is 0.224. The Hall–Kier alpha value is -2.38. The minimum atomic E-state index is -0.588. The molecule has 1 amide bonds. The molecule has 1 atom stereocenters. The molecule has 29 heavy (non-hydrogen) atoms. The van der Waals surface area contributed by atoms with Gasteiger partial charge in [0.05, 0.1) is 11.4 Å². The van der Waals surface area contributed by atoms with E-state index in [0.29, 0.717) is 24.5 Å². The normalized spacial score (nSPS) is 16.6. The van der Waals surface area contributed by atoms with Gasteiger partial charge in [-0.2, -0.15) is 0 Å². The standard InChI is InChI=1S/C21H27ClN4O3/c1-2-17(14-26-20(27)28-15-16-6-4-3-5-7-16)29-19-18(24-12-13-25-19)21(22)8-10-23-11-9-21/h3-7,12-13,17,23H,2,8-11,14-15H2,1H3,(H,26,27). The van der Waals surface area contributed by atoms with E-state index in [4.69, 9.17) is 21.1 Å². The highest BCUT2D eigenvalue weighted by molar-refractivity contribution is 6.24. The van der Waals surface area contributed by atoms with Crippen molar-refractivity contribution in [2.75, 3.05) is 19.6 Å². The van der Waals surface area contributed by atoms with Crippen molar-refractivity contribution in [3.63, 3.8) is 0 Å². The summed E-state index contributed by atoms with van der Waals surface area (Å²) in [7, 11) is 0. The van der Waals surface area contributed by atoms with Crippen molar-refractivity contribution in [1.29, 1.82) is 0 Å². The fourth-order valence-corrected chi connectivity index (χ4v) is 3.50. The lowest BCUT2D eigenvalue weighted by Gasteiger charge is -2.32. The molecular weight excluding hydrogens is 392 g/mol. The molecule has 1 unspecified atom stereocenters. The molecule has 0 bridgehead atoms. The third kappa shape index (κ3) is 6.05. The highest BCUT2D eigenvalue weighted by Crippen LogP contribution is 2.40. The molecule has 0 radical (unpaired) electrons.